The Balaban J connectivity index is 1.56. The van der Waals surface area contributed by atoms with Gasteiger partial charge in [-0.3, -0.25) is 9.69 Å². The zero-order valence-corrected chi connectivity index (χ0v) is 15.2. The number of ether oxygens (including phenoxy) is 1. The Morgan fingerprint density at radius 2 is 1.88 bits per heavy atom. The van der Waals surface area contributed by atoms with E-state index in [0.29, 0.717) is 36.1 Å². The number of amides is 3. The van der Waals surface area contributed by atoms with Crippen molar-refractivity contribution in [2.75, 3.05) is 31.6 Å². The molecular formula is C19H20ClN3O3. The summed E-state index contributed by atoms with van der Waals surface area (Å²) in [5.41, 5.74) is 1.66. The molecule has 1 N–H and O–H groups in total. The van der Waals surface area contributed by atoms with Gasteiger partial charge >= 0.3 is 6.03 Å². The second-order valence-electron chi connectivity index (χ2n) is 5.93. The molecule has 2 aromatic carbocycles. The van der Waals surface area contributed by atoms with Crippen molar-refractivity contribution in [2.45, 2.75) is 6.54 Å². The van der Waals surface area contributed by atoms with E-state index >= 15 is 0 Å². The average molecular weight is 374 g/mol. The molecule has 1 saturated heterocycles. The Morgan fingerprint density at radius 3 is 2.62 bits per heavy atom. The van der Waals surface area contributed by atoms with Crippen molar-refractivity contribution in [1.82, 2.24) is 10.2 Å². The number of halogens is 1. The Labute approximate surface area is 157 Å². The number of para-hydroxylation sites is 2. The molecule has 26 heavy (non-hydrogen) atoms. The molecular weight excluding hydrogens is 354 g/mol. The predicted octanol–water partition coefficient (Wildman–Crippen LogP) is 2.91. The van der Waals surface area contributed by atoms with E-state index in [4.69, 9.17) is 16.3 Å². The van der Waals surface area contributed by atoms with Crippen molar-refractivity contribution >= 4 is 29.2 Å². The maximum Gasteiger partial charge on any atom is 0.325 e. The van der Waals surface area contributed by atoms with E-state index in [9.17, 15) is 9.59 Å². The molecule has 0 unspecified atom stereocenters. The van der Waals surface area contributed by atoms with Crippen LogP contribution in [0.4, 0.5) is 10.5 Å². The number of carbonyl (C=O) groups excluding carboxylic acids is 2. The summed E-state index contributed by atoms with van der Waals surface area (Å²) in [5.74, 6) is 0.435. The first-order valence-electron chi connectivity index (χ1n) is 8.29. The highest BCUT2D eigenvalue weighted by molar-refractivity contribution is 6.30. The van der Waals surface area contributed by atoms with Gasteiger partial charge in [-0.15, -0.1) is 0 Å². The molecule has 0 spiro atoms. The van der Waals surface area contributed by atoms with Gasteiger partial charge in [0.15, 0.2) is 0 Å². The molecule has 0 saturated carbocycles. The van der Waals surface area contributed by atoms with Gasteiger partial charge in [-0.05, 0) is 29.8 Å². The van der Waals surface area contributed by atoms with Gasteiger partial charge in [-0.2, -0.15) is 0 Å². The number of hydrogen-bond acceptors (Lipinski definition) is 3. The first kappa shape index (κ1) is 18.1. The predicted molar refractivity (Wildman–Crippen MR) is 101 cm³/mol. The molecule has 1 fully saturated rings. The highest BCUT2D eigenvalue weighted by Crippen LogP contribution is 2.30. The van der Waals surface area contributed by atoms with Gasteiger partial charge in [0.05, 0.1) is 12.8 Å². The van der Waals surface area contributed by atoms with Crippen molar-refractivity contribution in [2.24, 2.45) is 0 Å². The highest BCUT2D eigenvalue weighted by Gasteiger charge is 2.32. The second kappa shape index (κ2) is 8.10. The molecule has 7 heteroatoms. The van der Waals surface area contributed by atoms with Crippen molar-refractivity contribution in [3.8, 4) is 5.75 Å². The monoisotopic (exact) mass is 373 g/mol. The molecule has 2 aromatic rings. The molecule has 1 aliphatic rings. The number of urea groups is 1. The molecule has 0 atom stereocenters. The molecule has 1 aliphatic heterocycles. The highest BCUT2D eigenvalue weighted by atomic mass is 35.5. The zero-order chi connectivity index (χ0) is 18.5. The number of anilines is 1. The molecule has 6 nitrogen and oxygen atoms in total. The minimum absolute atomic E-state index is 0.0259. The van der Waals surface area contributed by atoms with E-state index < -0.39 is 0 Å². The van der Waals surface area contributed by atoms with E-state index in [-0.39, 0.29) is 18.5 Å². The van der Waals surface area contributed by atoms with Crippen molar-refractivity contribution in [3.63, 3.8) is 0 Å². The third kappa shape index (κ3) is 4.08. The number of nitrogens with zero attached hydrogens (tertiary/aromatic N) is 2. The molecule has 0 aliphatic carbocycles. The standard InChI is InChI=1S/C19H20ClN3O3/c1-26-17-5-3-2-4-16(17)23-11-10-22(19(23)25)13-18(24)21-12-14-6-8-15(20)9-7-14/h2-9H,10-13H2,1H3,(H,21,24). The molecule has 3 amide bonds. The van der Waals surface area contributed by atoms with E-state index in [2.05, 4.69) is 5.32 Å². The van der Waals surface area contributed by atoms with Crippen LogP contribution in [0.2, 0.25) is 5.02 Å². The lowest BCUT2D eigenvalue weighted by atomic mass is 10.2. The second-order valence-corrected chi connectivity index (χ2v) is 6.37. The Bertz CT molecular complexity index is 795. The molecule has 0 aromatic heterocycles. The Morgan fingerprint density at radius 1 is 1.15 bits per heavy atom. The van der Waals surface area contributed by atoms with Crippen LogP contribution in [-0.2, 0) is 11.3 Å². The van der Waals surface area contributed by atoms with Crippen LogP contribution in [0.5, 0.6) is 5.75 Å². The summed E-state index contributed by atoms with van der Waals surface area (Å²) >= 11 is 5.84. The Hall–Kier alpha value is -2.73. The van der Waals surface area contributed by atoms with Crippen molar-refractivity contribution in [1.29, 1.82) is 0 Å². The first-order valence-corrected chi connectivity index (χ1v) is 8.67. The van der Waals surface area contributed by atoms with E-state index in [1.54, 1.807) is 24.1 Å². The van der Waals surface area contributed by atoms with Gasteiger partial charge in [-0.25, -0.2) is 4.79 Å². The largest absolute Gasteiger partial charge is 0.495 e. The van der Waals surface area contributed by atoms with Crippen LogP contribution in [0.3, 0.4) is 0 Å². The number of methoxy groups -OCH3 is 1. The summed E-state index contributed by atoms with van der Waals surface area (Å²) < 4.78 is 5.32. The van der Waals surface area contributed by atoms with Crippen LogP contribution in [0.15, 0.2) is 48.5 Å². The van der Waals surface area contributed by atoms with Crippen LogP contribution in [0, 0.1) is 0 Å². The molecule has 1 heterocycles. The van der Waals surface area contributed by atoms with Crippen LogP contribution >= 0.6 is 11.6 Å². The van der Waals surface area contributed by atoms with E-state index in [0.717, 1.165) is 5.56 Å². The zero-order valence-electron chi connectivity index (χ0n) is 14.4. The van der Waals surface area contributed by atoms with Gasteiger partial charge in [0.2, 0.25) is 5.91 Å². The summed E-state index contributed by atoms with van der Waals surface area (Å²) in [6.45, 7) is 1.43. The third-order valence-electron chi connectivity index (χ3n) is 4.21. The number of carbonyl (C=O) groups is 2. The fraction of sp³-hybridized carbons (Fsp3) is 0.263. The number of rotatable bonds is 6. The third-order valence-corrected chi connectivity index (χ3v) is 4.46. The van der Waals surface area contributed by atoms with Crippen molar-refractivity contribution < 1.29 is 14.3 Å². The SMILES string of the molecule is COc1ccccc1N1CCN(CC(=O)NCc2ccc(Cl)cc2)C1=O. The normalized spacial score (nSPS) is 13.8. The van der Waals surface area contributed by atoms with Crippen LogP contribution in [-0.4, -0.2) is 43.6 Å². The summed E-state index contributed by atoms with van der Waals surface area (Å²) in [4.78, 5) is 28.0. The molecule has 136 valence electrons. The molecule has 3 rings (SSSR count). The van der Waals surface area contributed by atoms with E-state index in [1.807, 2.05) is 36.4 Å². The molecule has 0 radical (unpaired) electrons. The van der Waals surface area contributed by atoms with E-state index in [1.165, 1.54) is 4.90 Å². The van der Waals surface area contributed by atoms with Gasteiger partial charge in [0.25, 0.3) is 0 Å². The smallest absolute Gasteiger partial charge is 0.325 e. The summed E-state index contributed by atoms with van der Waals surface area (Å²) in [7, 11) is 1.57. The summed E-state index contributed by atoms with van der Waals surface area (Å²) in [5, 5.41) is 3.48. The minimum atomic E-state index is -0.199. The van der Waals surface area contributed by atoms with Crippen LogP contribution in [0.25, 0.3) is 0 Å². The van der Waals surface area contributed by atoms with Gasteiger partial charge in [-0.1, -0.05) is 35.9 Å². The molecule has 0 bridgehead atoms. The number of hydrogen-bond donors (Lipinski definition) is 1. The summed E-state index contributed by atoms with van der Waals surface area (Å²) in [6.07, 6.45) is 0. The lowest BCUT2D eigenvalue weighted by Crippen LogP contribution is -2.39. The lowest BCUT2D eigenvalue weighted by Gasteiger charge is -2.20. The number of benzene rings is 2. The Kier molecular flexibility index (Phi) is 5.63. The first-order chi connectivity index (χ1) is 12.6. The van der Waals surface area contributed by atoms with Gasteiger partial charge < -0.3 is 15.0 Å². The fourth-order valence-corrected chi connectivity index (χ4v) is 2.96. The lowest BCUT2D eigenvalue weighted by molar-refractivity contribution is -0.121. The van der Waals surface area contributed by atoms with Crippen LogP contribution in [0.1, 0.15) is 5.56 Å². The van der Waals surface area contributed by atoms with Crippen LogP contribution < -0.4 is 15.0 Å². The summed E-state index contributed by atoms with van der Waals surface area (Å²) in [6, 6.07) is 14.4. The fourth-order valence-electron chi connectivity index (χ4n) is 2.84. The minimum Gasteiger partial charge on any atom is -0.495 e. The maximum atomic E-state index is 12.6. The quantitative estimate of drug-likeness (QED) is 0.846. The average Bonchev–Trinajstić information content (AvgIpc) is 3.01. The topological polar surface area (TPSA) is 61.9 Å². The maximum absolute atomic E-state index is 12.6. The van der Waals surface area contributed by atoms with Gasteiger partial charge in [0, 0.05) is 24.7 Å². The van der Waals surface area contributed by atoms with Gasteiger partial charge in [0.1, 0.15) is 12.3 Å². The number of nitrogens with one attached hydrogen (secondary N) is 1. The van der Waals surface area contributed by atoms with Crippen molar-refractivity contribution in [3.05, 3.63) is 59.1 Å².